The quantitative estimate of drug-likeness (QED) is 0.492. The molecule has 0 aliphatic heterocycles. The van der Waals surface area contributed by atoms with Crippen LogP contribution < -0.4 is 0 Å². The minimum Gasteiger partial charge on any atom is -0.0882 e. The Hall–Kier alpha value is -0.780. The van der Waals surface area contributed by atoms with Gasteiger partial charge < -0.3 is 0 Å². The third-order valence-corrected chi connectivity index (χ3v) is 3.92. The van der Waals surface area contributed by atoms with E-state index >= 15 is 0 Å². The van der Waals surface area contributed by atoms with Gasteiger partial charge in [-0.15, -0.1) is 0 Å². The lowest BCUT2D eigenvalue weighted by Gasteiger charge is -2.24. The van der Waals surface area contributed by atoms with Gasteiger partial charge >= 0.3 is 0 Å². The Bertz CT molecular complexity index is 282. The smallest absolute Gasteiger partial charge is 0.0102 e. The summed E-state index contributed by atoms with van der Waals surface area (Å²) in [6.07, 6.45) is 18.3. The van der Waals surface area contributed by atoms with E-state index in [1.54, 1.807) is 0 Å². The van der Waals surface area contributed by atoms with Crippen LogP contribution in [0.25, 0.3) is 0 Å². The summed E-state index contributed by atoms with van der Waals surface area (Å²) < 4.78 is 0. The summed E-state index contributed by atoms with van der Waals surface area (Å²) in [5.74, 6) is 3.52. The zero-order valence-corrected chi connectivity index (χ0v) is 7.89. The minimum absolute atomic E-state index is 0.826. The summed E-state index contributed by atoms with van der Waals surface area (Å²) in [6, 6.07) is 0. The van der Waals surface area contributed by atoms with E-state index in [0.29, 0.717) is 0 Å². The van der Waals surface area contributed by atoms with Crippen LogP contribution in [0, 0.1) is 23.7 Å². The molecule has 0 aromatic rings. The summed E-state index contributed by atoms with van der Waals surface area (Å²) >= 11 is 0. The summed E-state index contributed by atoms with van der Waals surface area (Å²) in [7, 11) is 0. The van der Waals surface area contributed by atoms with Gasteiger partial charge in [0.25, 0.3) is 0 Å². The molecule has 13 heavy (non-hydrogen) atoms. The van der Waals surface area contributed by atoms with Gasteiger partial charge in [-0.25, -0.2) is 0 Å². The van der Waals surface area contributed by atoms with Crippen LogP contribution in [0.1, 0.15) is 19.3 Å². The van der Waals surface area contributed by atoms with Gasteiger partial charge in [0.1, 0.15) is 0 Å². The molecular weight excluding hydrogens is 156 g/mol. The first-order valence-corrected chi connectivity index (χ1v) is 5.47. The van der Waals surface area contributed by atoms with Crippen LogP contribution in [-0.4, -0.2) is 0 Å². The van der Waals surface area contributed by atoms with Crippen molar-refractivity contribution in [2.75, 3.05) is 0 Å². The lowest BCUT2D eigenvalue weighted by Crippen LogP contribution is -2.16. The molecule has 0 bridgehead atoms. The Labute approximate surface area is 80.0 Å². The van der Waals surface area contributed by atoms with Crippen molar-refractivity contribution in [3.8, 4) is 0 Å². The summed E-state index contributed by atoms with van der Waals surface area (Å²) in [5.41, 5.74) is 0. The summed E-state index contributed by atoms with van der Waals surface area (Å²) in [4.78, 5) is 0. The number of rotatable bonds is 0. The summed E-state index contributed by atoms with van der Waals surface area (Å²) in [5, 5.41) is 0. The normalized spacial score (nSPS) is 46.2. The van der Waals surface area contributed by atoms with E-state index in [4.69, 9.17) is 0 Å². The predicted octanol–water partition coefficient (Wildman–Crippen LogP) is 3.33. The predicted molar refractivity (Wildman–Crippen MR) is 55.2 cm³/mol. The van der Waals surface area contributed by atoms with Crippen molar-refractivity contribution in [3.63, 3.8) is 0 Å². The lowest BCUT2D eigenvalue weighted by molar-refractivity contribution is 0.380. The van der Waals surface area contributed by atoms with Crippen molar-refractivity contribution in [1.82, 2.24) is 0 Å². The lowest BCUT2D eigenvalue weighted by atomic mass is 9.81. The minimum atomic E-state index is 0.826. The maximum absolute atomic E-state index is 2.47. The number of hydrogen-bond donors (Lipinski definition) is 0. The second kappa shape index (κ2) is 2.87. The van der Waals surface area contributed by atoms with Crippen LogP contribution in [-0.2, 0) is 0 Å². The molecule has 3 aliphatic carbocycles. The highest BCUT2D eigenvalue weighted by Gasteiger charge is 2.40. The molecule has 0 saturated heterocycles. The van der Waals surface area contributed by atoms with Crippen LogP contribution in [0.3, 0.4) is 0 Å². The molecule has 3 rings (SSSR count). The van der Waals surface area contributed by atoms with Gasteiger partial charge in [-0.1, -0.05) is 36.5 Å². The molecule has 0 radical (unpaired) electrons. The molecule has 0 spiro atoms. The molecule has 0 heterocycles. The summed E-state index contributed by atoms with van der Waals surface area (Å²) in [6.45, 7) is 0. The van der Waals surface area contributed by atoms with E-state index < -0.39 is 0 Å². The standard InChI is InChI=1S/C13H16/c1-3-7-12-10(5-1)9-11-6-2-4-8-13(11)12/h1,3-5,7-8,10-13H,2,6,9H2. The monoisotopic (exact) mass is 172 g/mol. The maximum Gasteiger partial charge on any atom is -0.0102 e. The van der Waals surface area contributed by atoms with Gasteiger partial charge in [-0.3, -0.25) is 0 Å². The van der Waals surface area contributed by atoms with E-state index in [1.807, 2.05) is 0 Å². The van der Waals surface area contributed by atoms with Crippen LogP contribution in [0.5, 0.6) is 0 Å². The van der Waals surface area contributed by atoms with E-state index in [0.717, 1.165) is 23.7 Å². The average molecular weight is 172 g/mol. The van der Waals surface area contributed by atoms with Gasteiger partial charge in [-0.05, 0) is 42.9 Å². The van der Waals surface area contributed by atoms with E-state index in [9.17, 15) is 0 Å². The SMILES string of the molecule is C1=CC2CC3CCC=CC3C2C=C1. The van der Waals surface area contributed by atoms with Crippen LogP contribution in [0.15, 0.2) is 36.5 Å². The molecule has 1 fully saturated rings. The van der Waals surface area contributed by atoms with Crippen molar-refractivity contribution in [1.29, 1.82) is 0 Å². The first kappa shape index (κ1) is 7.61. The first-order valence-electron chi connectivity index (χ1n) is 5.47. The van der Waals surface area contributed by atoms with Gasteiger partial charge in [0.05, 0.1) is 0 Å². The number of hydrogen-bond acceptors (Lipinski definition) is 0. The Morgan fingerprint density at radius 3 is 2.85 bits per heavy atom. The van der Waals surface area contributed by atoms with Crippen LogP contribution in [0.4, 0.5) is 0 Å². The molecule has 0 heteroatoms. The Balaban J connectivity index is 1.92. The largest absolute Gasteiger partial charge is 0.0882 e. The molecule has 0 aromatic carbocycles. The second-order valence-electron chi connectivity index (χ2n) is 4.59. The van der Waals surface area contributed by atoms with Gasteiger partial charge in [0, 0.05) is 0 Å². The maximum atomic E-state index is 2.47. The molecule has 4 atom stereocenters. The molecule has 0 aromatic heterocycles. The second-order valence-corrected chi connectivity index (χ2v) is 4.59. The van der Waals surface area contributed by atoms with Crippen molar-refractivity contribution >= 4 is 0 Å². The highest BCUT2D eigenvalue weighted by atomic mass is 14.4. The fraction of sp³-hybridized carbons (Fsp3) is 0.538. The molecule has 3 aliphatic rings. The van der Waals surface area contributed by atoms with Crippen LogP contribution in [0.2, 0.25) is 0 Å². The molecule has 1 saturated carbocycles. The molecule has 0 N–H and O–H groups in total. The number of fused-ring (bicyclic) bond motifs is 3. The molecule has 68 valence electrons. The Morgan fingerprint density at radius 2 is 1.85 bits per heavy atom. The van der Waals surface area contributed by atoms with Crippen LogP contribution >= 0.6 is 0 Å². The molecular formula is C13H16. The van der Waals surface area contributed by atoms with E-state index in [2.05, 4.69) is 36.5 Å². The number of allylic oxidation sites excluding steroid dienone is 6. The molecule has 4 unspecified atom stereocenters. The highest BCUT2D eigenvalue weighted by molar-refractivity contribution is 5.21. The molecule has 0 amide bonds. The highest BCUT2D eigenvalue weighted by Crippen LogP contribution is 2.48. The zero-order valence-electron chi connectivity index (χ0n) is 7.89. The van der Waals surface area contributed by atoms with Crippen molar-refractivity contribution < 1.29 is 0 Å². The van der Waals surface area contributed by atoms with Gasteiger partial charge in [-0.2, -0.15) is 0 Å². The Morgan fingerprint density at radius 1 is 0.923 bits per heavy atom. The Kier molecular flexibility index (Phi) is 1.68. The fourth-order valence-corrected chi connectivity index (χ4v) is 3.30. The first-order chi connectivity index (χ1) is 6.45. The van der Waals surface area contributed by atoms with Crippen molar-refractivity contribution in [2.24, 2.45) is 23.7 Å². The zero-order chi connectivity index (χ0) is 8.67. The fourth-order valence-electron chi connectivity index (χ4n) is 3.30. The molecule has 0 nitrogen and oxygen atoms in total. The average Bonchev–Trinajstić information content (AvgIpc) is 2.56. The van der Waals surface area contributed by atoms with E-state index in [1.165, 1.54) is 19.3 Å². The van der Waals surface area contributed by atoms with Gasteiger partial charge in [0.15, 0.2) is 0 Å². The topological polar surface area (TPSA) is 0 Å². The van der Waals surface area contributed by atoms with Crippen molar-refractivity contribution in [3.05, 3.63) is 36.5 Å². The van der Waals surface area contributed by atoms with Gasteiger partial charge in [0.2, 0.25) is 0 Å². The third kappa shape index (κ3) is 1.12. The van der Waals surface area contributed by atoms with Crippen molar-refractivity contribution in [2.45, 2.75) is 19.3 Å². The van der Waals surface area contributed by atoms with E-state index in [-0.39, 0.29) is 0 Å². The third-order valence-electron chi connectivity index (χ3n) is 3.92.